The number of carbonyl (C=O) groups excluding carboxylic acids is 1. The first-order valence-corrected chi connectivity index (χ1v) is 6.94. The topological polar surface area (TPSA) is 91.0 Å². The van der Waals surface area contributed by atoms with Crippen molar-refractivity contribution in [2.75, 3.05) is 0 Å². The Hall–Kier alpha value is -1.30. The van der Waals surface area contributed by atoms with E-state index in [9.17, 15) is 4.79 Å². The number of hydrazine groups is 1. The lowest BCUT2D eigenvalue weighted by molar-refractivity contribution is -0.135. The normalized spacial score (nSPS) is 28.7. The molecule has 1 amide bonds. The molecule has 110 valence electrons. The van der Waals surface area contributed by atoms with Gasteiger partial charge in [0.2, 0.25) is 5.91 Å². The van der Waals surface area contributed by atoms with Gasteiger partial charge in [0.25, 0.3) is 0 Å². The number of nitrogens with zero attached hydrogens (tertiary/aromatic N) is 2. The first-order valence-electron chi connectivity index (χ1n) is 6.94. The van der Waals surface area contributed by atoms with E-state index in [1.165, 1.54) is 6.42 Å². The Labute approximate surface area is 115 Å². The number of nitrogens with one attached hydrogen (secondary N) is 1. The fraction of sp³-hybridized carbons (Fsp3) is 0.846. The van der Waals surface area contributed by atoms with Crippen LogP contribution < -0.4 is 11.2 Å². The molecule has 0 saturated carbocycles. The Morgan fingerprint density at radius 2 is 2.00 bits per heavy atom. The summed E-state index contributed by atoms with van der Waals surface area (Å²) < 4.78 is 0. The molecule has 1 aliphatic heterocycles. The van der Waals surface area contributed by atoms with Crippen molar-refractivity contribution >= 4 is 11.7 Å². The van der Waals surface area contributed by atoms with E-state index in [0.717, 1.165) is 12.8 Å². The van der Waals surface area contributed by atoms with E-state index in [-0.39, 0.29) is 11.7 Å². The van der Waals surface area contributed by atoms with Crippen molar-refractivity contribution in [2.45, 2.75) is 65.5 Å². The van der Waals surface area contributed by atoms with E-state index in [1.807, 2.05) is 11.9 Å². The maximum absolute atomic E-state index is 12.4. The summed E-state index contributed by atoms with van der Waals surface area (Å²) in [5, 5.41) is 13.8. The highest BCUT2D eigenvalue weighted by atomic mass is 16.4. The zero-order chi connectivity index (χ0) is 14.6. The van der Waals surface area contributed by atoms with Crippen molar-refractivity contribution in [1.29, 1.82) is 0 Å². The molecule has 4 N–H and O–H groups in total. The molecule has 1 fully saturated rings. The van der Waals surface area contributed by atoms with Crippen molar-refractivity contribution in [3.8, 4) is 0 Å². The molecule has 3 atom stereocenters. The van der Waals surface area contributed by atoms with Crippen molar-refractivity contribution in [3.05, 3.63) is 0 Å². The van der Waals surface area contributed by atoms with Gasteiger partial charge < -0.3 is 10.9 Å². The minimum absolute atomic E-state index is 0.0511. The minimum atomic E-state index is -0.981. The van der Waals surface area contributed by atoms with Gasteiger partial charge in [0.15, 0.2) is 5.84 Å². The highest BCUT2D eigenvalue weighted by Crippen LogP contribution is 2.25. The van der Waals surface area contributed by atoms with Crippen molar-refractivity contribution < 1.29 is 10.0 Å². The molecule has 1 saturated heterocycles. The van der Waals surface area contributed by atoms with Gasteiger partial charge in [-0.1, -0.05) is 18.5 Å². The predicted molar refractivity (Wildman–Crippen MR) is 74.6 cm³/mol. The molecule has 0 aromatic rings. The molecule has 6 heteroatoms. The van der Waals surface area contributed by atoms with Crippen LogP contribution in [0.2, 0.25) is 0 Å². The van der Waals surface area contributed by atoms with Crippen LogP contribution in [0.4, 0.5) is 0 Å². The third-order valence-electron chi connectivity index (χ3n) is 4.31. The van der Waals surface area contributed by atoms with E-state index >= 15 is 0 Å². The van der Waals surface area contributed by atoms with E-state index in [1.54, 1.807) is 6.92 Å². The molecule has 0 aromatic heterocycles. The zero-order valence-corrected chi connectivity index (χ0v) is 12.3. The molecule has 1 aliphatic rings. The molecule has 19 heavy (non-hydrogen) atoms. The first kappa shape index (κ1) is 15.8. The van der Waals surface area contributed by atoms with Crippen LogP contribution in [0.15, 0.2) is 5.16 Å². The van der Waals surface area contributed by atoms with E-state index in [2.05, 4.69) is 24.4 Å². The van der Waals surface area contributed by atoms with E-state index in [0.29, 0.717) is 18.5 Å². The van der Waals surface area contributed by atoms with Gasteiger partial charge in [-0.3, -0.25) is 10.2 Å². The van der Waals surface area contributed by atoms with E-state index in [4.69, 9.17) is 10.9 Å². The highest BCUT2D eigenvalue weighted by Gasteiger charge is 2.39. The molecular weight excluding hydrogens is 244 g/mol. The number of piperidine rings is 1. The molecule has 0 aromatic carbocycles. The second-order valence-corrected chi connectivity index (χ2v) is 5.65. The van der Waals surface area contributed by atoms with Gasteiger partial charge in [0.1, 0.15) is 5.41 Å². The Bertz CT molecular complexity index is 349. The number of hydrogen-bond acceptors (Lipinski definition) is 4. The number of oxime groups is 1. The summed E-state index contributed by atoms with van der Waals surface area (Å²) in [6.45, 7) is 7.74. The summed E-state index contributed by atoms with van der Waals surface area (Å²) in [6.07, 6.45) is 3.79. The van der Waals surface area contributed by atoms with Crippen molar-refractivity contribution in [1.82, 2.24) is 10.4 Å². The minimum Gasteiger partial charge on any atom is -0.409 e. The van der Waals surface area contributed by atoms with Gasteiger partial charge in [-0.15, -0.1) is 0 Å². The summed E-state index contributed by atoms with van der Waals surface area (Å²) in [4.78, 5) is 12.4. The quantitative estimate of drug-likeness (QED) is 0.312. The average molecular weight is 270 g/mol. The fourth-order valence-corrected chi connectivity index (χ4v) is 2.45. The molecule has 0 bridgehead atoms. The number of hydrogen-bond donors (Lipinski definition) is 3. The number of rotatable bonds is 4. The molecule has 1 rings (SSSR count). The Balaban J connectivity index is 2.82. The number of amidine groups is 1. The predicted octanol–water partition coefficient (Wildman–Crippen LogP) is 1.44. The van der Waals surface area contributed by atoms with Crippen LogP contribution >= 0.6 is 0 Å². The van der Waals surface area contributed by atoms with Gasteiger partial charge in [0.05, 0.1) is 0 Å². The summed E-state index contributed by atoms with van der Waals surface area (Å²) >= 11 is 0. The Morgan fingerprint density at radius 3 is 2.42 bits per heavy atom. The number of carbonyl (C=O) groups is 1. The van der Waals surface area contributed by atoms with Crippen LogP contribution in [0.25, 0.3) is 0 Å². The van der Waals surface area contributed by atoms with Crippen LogP contribution in [0.3, 0.4) is 0 Å². The Morgan fingerprint density at radius 1 is 1.47 bits per heavy atom. The summed E-state index contributed by atoms with van der Waals surface area (Å²) in [7, 11) is 0. The lowest BCUT2D eigenvalue weighted by Crippen LogP contribution is -2.59. The fourth-order valence-electron chi connectivity index (χ4n) is 2.45. The molecule has 0 aliphatic carbocycles. The third kappa shape index (κ3) is 3.18. The highest BCUT2D eigenvalue weighted by molar-refractivity contribution is 6.06. The van der Waals surface area contributed by atoms with Crippen LogP contribution in [-0.2, 0) is 4.79 Å². The van der Waals surface area contributed by atoms with Crippen LogP contribution in [0, 0.1) is 5.41 Å². The molecule has 6 nitrogen and oxygen atoms in total. The van der Waals surface area contributed by atoms with Crippen LogP contribution in [0.1, 0.15) is 53.4 Å². The average Bonchev–Trinajstić information content (AvgIpc) is 2.40. The van der Waals surface area contributed by atoms with Crippen LogP contribution in [0.5, 0.6) is 0 Å². The second kappa shape index (κ2) is 6.23. The van der Waals surface area contributed by atoms with Gasteiger partial charge in [-0.25, -0.2) is 5.01 Å². The maximum Gasteiger partial charge on any atom is 0.247 e. The smallest absolute Gasteiger partial charge is 0.247 e. The zero-order valence-electron chi connectivity index (χ0n) is 12.3. The molecule has 0 spiro atoms. The van der Waals surface area contributed by atoms with Gasteiger partial charge in [0, 0.05) is 12.1 Å². The van der Waals surface area contributed by atoms with Gasteiger partial charge in [-0.2, -0.15) is 0 Å². The van der Waals surface area contributed by atoms with Gasteiger partial charge >= 0.3 is 0 Å². The summed E-state index contributed by atoms with van der Waals surface area (Å²) in [6, 6.07) is 0.613. The summed E-state index contributed by atoms with van der Waals surface area (Å²) in [5.41, 5.74) is 7.63. The maximum atomic E-state index is 12.4. The van der Waals surface area contributed by atoms with Crippen molar-refractivity contribution in [3.63, 3.8) is 0 Å². The third-order valence-corrected chi connectivity index (χ3v) is 4.31. The second-order valence-electron chi connectivity index (χ2n) is 5.65. The van der Waals surface area contributed by atoms with Gasteiger partial charge in [-0.05, 0) is 40.0 Å². The number of amides is 1. The molecule has 3 unspecified atom stereocenters. The molecule has 0 radical (unpaired) electrons. The summed E-state index contributed by atoms with van der Waals surface area (Å²) in [5.74, 6) is -0.268. The van der Waals surface area contributed by atoms with Crippen molar-refractivity contribution in [2.24, 2.45) is 16.3 Å². The SMILES string of the molecule is CCC(C)(C(=O)NN1C(C)CCCC1C)C(N)=NO. The molecular formula is C13H26N4O2. The Kier molecular flexibility index (Phi) is 5.17. The largest absolute Gasteiger partial charge is 0.409 e. The number of nitrogens with two attached hydrogens (primary N) is 1. The van der Waals surface area contributed by atoms with Crippen LogP contribution in [-0.4, -0.2) is 34.0 Å². The lowest BCUT2D eigenvalue weighted by atomic mass is 9.85. The molecule has 1 heterocycles. The first-order chi connectivity index (χ1) is 8.86. The lowest BCUT2D eigenvalue weighted by Gasteiger charge is -2.40. The monoisotopic (exact) mass is 270 g/mol. The standard InChI is InChI=1S/C13H26N4O2/c1-5-13(4,11(14)16-19)12(18)15-17-9(2)7-6-8-10(17)3/h9-10,19H,5-8H2,1-4H3,(H2,14,16)(H,15,18). The van der Waals surface area contributed by atoms with E-state index < -0.39 is 5.41 Å².